The number of rotatable bonds is 5. The summed E-state index contributed by atoms with van der Waals surface area (Å²) in [5.74, 6) is -0.538. The molecule has 3 heterocycles. The third-order valence-corrected chi connectivity index (χ3v) is 5.32. The van der Waals surface area contributed by atoms with E-state index in [0.29, 0.717) is 22.8 Å². The number of carbonyl (C=O) groups is 1. The molecule has 0 saturated carbocycles. The molecule has 2 aromatic heterocycles. The Hall–Kier alpha value is -3.20. The van der Waals surface area contributed by atoms with E-state index in [2.05, 4.69) is 4.98 Å². The highest BCUT2D eigenvalue weighted by Crippen LogP contribution is 2.44. The van der Waals surface area contributed by atoms with Gasteiger partial charge >= 0.3 is 0 Å². The third kappa shape index (κ3) is 3.28. The Bertz CT molecular complexity index is 1040. The Labute approximate surface area is 156 Å². The number of halogens is 1. The van der Waals surface area contributed by atoms with Gasteiger partial charge in [0, 0.05) is 24.8 Å². The molecule has 1 aliphatic heterocycles. The van der Waals surface area contributed by atoms with E-state index in [1.807, 2.05) is 0 Å². The SMILES string of the molecule is O=C(c1ccco1)C1Cc2nccc(Oc3ccc([N+](=O)[O-])cc3F)c2S1. The average molecular weight is 386 g/mol. The standard InChI is InChI=1S/C18H11FN2O5S/c19-11-8-10(21(23)24)3-4-13(11)26-15-5-6-20-12-9-16(27-18(12)15)17(22)14-2-1-7-25-14/h1-8,16H,9H2. The van der Waals surface area contributed by atoms with Crippen LogP contribution < -0.4 is 4.74 Å². The molecule has 0 bridgehead atoms. The van der Waals surface area contributed by atoms with Crippen molar-refractivity contribution in [3.63, 3.8) is 0 Å². The molecule has 1 aliphatic rings. The predicted octanol–water partition coefficient (Wildman–Crippen LogP) is 4.41. The lowest BCUT2D eigenvalue weighted by Gasteiger charge is -2.10. The smallest absolute Gasteiger partial charge is 0.272 e. The van der Waals surface area contributed by atoms with Gasteiger partial charge < -0.3 is 9.15 Å². The number of benzene rings is 1. The van der Waals surface area contributed by atoms with Crippen molar-refractivity contribution in [3.8, 4) is 11.5 Å². The van der Waals surface area contributed by atoms with Gasteiger partial charge in [-0.05, 0) is 18.2 Å². The van der Waals surface area contributed by atoms with Gasteiger partial charge in [-0.2, -0.15) is 0 Å². The van der Waals surface area contributed by atoms with Crippen molar-refractivity contribution in [2.24, 2.45) is 0 Å². The van der Waals surface area contributed by atoms with E-state index in [-0.39, 0.29) is 23.0 Å². The number of hydrogen-bond donors (Lipinski definition) is 0. The molecule has 4 rings (SSSR count). The number of non-ortho nitro benzene ring substituents is 1. The second kappa shape index (κ2) is 6.84. The van der Waals surface area contributed by atoms with Crippen molar-refractivity contribution in [2.75, 3.05) is 0 Å². The van der Waals surface area contributed by atoms with Crippen LogP contribution in [0.1, 0.15) is 16.2 Å². The van der Waals surface area contributed by atoms with Gasteiger partial charge in [0.15, 0.2) is 17.3 Å². The minimum absolute atomic E-state index is 0.143. The number of nitro groups is 1. The Morgan fingerprint density at radius 1 is 1.33 bits per heavy atom. The molecule has 0 amide bonds. The van der Waals surface area contributed by atoms with Gasteiger partial charge in [-0.25, -0.2) is 4.39 Å². The van der Waals surface area contributed by atoms with Gasteiger partial charge in [0.25, 0.3) is 5.69 Å². The van der Waals surface area contributed by atoms with Crippen molar-refractivity contribution in [1.29, 1.82) is 0 Å². The predicted molar refractivity (Wildman–Crippen MR) is 93.8 cm³/mol. The van der Waals surface area contributed by atoms with Crippen molar-refractivity contribution < 1.29 is 23.3 Å². The van der Waals surface area contributed by atoms with Crippen molar-refractivity contribution >= 4 is 23.2 Å². The van der Waals surface area contributed by atoms with Crippen LogP contribution in [-0.2, 0) is 6.42 Å². The minimum atomic E-state index is -0.846. The fourth-order valence-electron chi connectivity index (χ4n) is 2.71. The lowest BCUT2D eigenvalue weighted by Crippen LogP contribution is -2.15. The highest BCUT2D eigenvalue weighted by atomic mass is 32.2. The van der Waals surface area contributed by atoms with Crippen LogP contribution >= 0.6 is 11.8 Å². The van der Waals surface area contributed by atoms with Gasteiger partial charge in [-0.15, -0.1) is 11.8 Å². The molecule has 1 aromatic carbocycles. The molecule has 0 N–H and O–H groups in total. The van der Waals surface area contributed by atoms with E-state index >= 15 is 0 Å². The fraction of sp³-hybridized carbons (Fsp3) is 0.111. The number of furan rings is 1. The first-order chi connectivity index (χ1) is 13.0. The number of pyridine rings is 1. The second-order valence-electron chi connectivity index (χ2n) is 5.71. The molecule has 3 aromatic rings. The minimum Gasteiger partial charge on any atom is -0.461 e. The maximum atomic E-state index is 14.1. The molecule has 0 spiro atoms. The molecule has 9 heteroatoms. The molecule has 0 radical (unpaired) electrons. The second-order valence-corrected chi connectivity index (χ2v) is 6.92. The molecule has 1 atom stereocenters. The number of nitro benzene ring substituents is 1. The number of nitrogens with zero attached hydrogens (tertiary/aromatic N) is 2. The topological polar surface area (TPSA) is 95.5 Å². The van der Waals surface area contributed by atoms with E-state index < -0.39 is 16.0 Å². The molecule has 0 fully saturated rings. The van der Waals surface area contributed by atoms with E-state index in [4.69, 9.17) is 9.15 Å². The lowest BCUT2D eigenvalue weighted by molar-refractivity contribution is -0.385. The van der Waals surface area contributed by atoms with Crippen molar-refractivity contribution in [2.45, 2.75) is 16.6 Å². The Morgan fingerprint density at radius 3 is 2.89 bits per heavy atom. The number of aromatic nitrogens is 1. The van der Waals surface area contributed by atoms with Crippen molar-refractivity contribution in [1.82, 2.24) is 4.98 Å². The molecule has 7 nitrogen and oxygen atoms in total. The van der Waals surface area contributed by atoms with Crippen LogP contribution in [0.4, 0.5) is 10.1 Å². The van der Waals surface area contributed by atoms with Gasteiger partial charge in [-0.1, -0.05) is 0 Å². The highest BCUT2D eigenvalue weighted by molar-refractivity contribution is 8.01. The summed E-state index contributed by atoms with van der Waals surface area (Å²) in [6.45, 7) is 0. The number of carbonyl (C=O) groups excluding carboxylic acids is 1. The average Bonchev–Trinajstić information content (AvgIpc) is 3.32. The first-order valence-corrected chi connectivity index (χ1v) is 8.75. The zero-order valence-corrected chi connectivity index (χ0v) is 14.4. The number of hydrogen-bond acceptors (Lipinski definition) is 7. The zero-order valence-electron chi connectivity index (χ0n) is 13.6. The summed E-state index contributed by atoms with van der Waals surface area (Å²) in [6, 6.07) is 7.97. The Kier molecular flexibility index (Phi) is 4.36. The van der Waals surface area contributed by atoms with E-state index in [9.17, 15) is 19.3 Å². The van der Waals surface area contributed by atoms with Crippen LogP contribution in [0.3, 0.4) is 0 Å². The van der Waals surface area contributed by atoms with Crippen LogP contribution in [0.5, 0.6) is 11.5 Å². The summed E-state index contributed by atoms with van der Waals surface area (Å²) in [6.07, 6.45) is 3.35. The van der Waals surface area contributed by atoms with Gasteiger partial charge in [0.05, 0.1) is 33.1 Å². The van der Waals surface area contributed by atoms with Gasteiger partial charge in [0.2, 0.25) is 5.78 Å². The zero-order chi connectivity index (χ0) is 19.0. The lowest BCUT2D eigenvalue weighted by atomic mass is 10.1. The van der Waals surface area contributed by atoms with Crippen LogP contribution in [0.2, 0.25) is 0 Å². The summed E-state index contributed by atoms with van der Waals surface area (Å²) in [4.78, 5) is 27.4. The summed E-state index contributed by atoms with van der Waals surface area (Å²) >= 11 is 1.27. The van der Waals surface area contributed by atoms with E-state index in [0.717, 1.165) is 12.1 Å². The molecular formula is C18H11FN2O5S. The van der Waals surface area contributed by atoms with E-state index in [1.165, 1.54) is 30.3 Å². The fourth-order valence-corrected chi connectivity index (χ4v) is 3.96. The number of Topliss-reactive ketones (excluding diaryl/α,β-unsaturated/α-hetero) is 1. The quantitative estimate of drug-likeness (QED) is 0.364. The normalized spacial score (nSPS) is 15.4. The Balaban J connectivity index is 1.59. The van der Waals surface area contributed by atoms with Crippen LogP contribution in [0.25, 0.3) is 0 Å². The molecule has 1 unspecified atom stereocenters. The largest absolute Gasteiger partial charge is 0.461 e. The third-order valence-electron chi connectivity index (χ3n) is 3.98. The molecular weight excluding hydrogens is 375 g/mol. The summed E-state index contributed by atoms with van der Waals surface area (Å²) in [5.41, 5.74) is 0.308. The van der Waals surface area contributed by atoms with E-state index in [1.54, 1.807) is 18.2 Å². The number of ketones is 1. The monoisotopic (exact) mass is 386 g/mol. The van der Waals surface area contributed by atoms with Crippen molar-refractivity contribution in [3.05, 3.63) is 76.2 Å². The number of thioether (sulfide) groups is 1. The summed E-state index contributed by atoms with van der Waals surface area (Å²) in [5, 5.41) is 10.3. The maximum absolute atomic E-state index is 14.1. The van der Waals surface area contributed by atoms with Crippen LogP contribution in [0, 0.1) is 15.9 Å². The molecule has 0 aliphatic carbocycles. The van der Waals surface area contributed by atoms with Gasteiger partial charge in [-0.3, -0.25) is 19.9 Å². The van der Waals surface area contributed by atoms with Gasteiger partial charge in [0.1, 0.15) is 5.75 Å². The molecule has 136 valence electrons. The first kappa shape index (κ1) is 17.2. The number of fused-ring (bicyclic) bond motifs is 1. The van der Waals surface area contributed by atoms with Crippen LogP contribution in [0.15, 0.2) is 58.2 Å². The summed E-state index contributed by atoms with van der Waals surface area (Å²) < 4.78 is 24.9. The molecule has 0 saturated heterocycles. The number of ether oxygens (including phenoxy) is 1. The summed E-state index contributed by atoms with van der Waals surface area (Å²) in [7, 11) is 0. The first-order valence-electron chi connectivity index (χ1n) is 7.87. The molecule has 27 heavy (non-hydrogen) atoms. The maximum Gasteiger partial charge on any atom is 0.272 e. The van der Waals surface area contributed by atoms with Crippen LogP contribution in [-0.4, -0.2) is 20.9 Å². The Morgan fingerprint density at radius 2 is 2.19 bits per heavy atom. The highest BCUT2D eigenvalue weighted by Gasteiger charge is 2.33.